The van der Waals surface area contributed by atoms with Crippen molar-refractivity contribution in [2.24, 2.45) is 5.73 Å². The molecule has 0 aliphatic rings. The van der Waals surface area contributed by atoms with Crippen molar-refractivity contribution in [1.82, 2.24) is 0 Å². The Morgan fingerprint density at radius 3 is 2.35 bits per heavy atom. The van der Waals surface area contributed by atoms with Crippen LogP contribution in [0.4, 0.5) is 0 Å². The SMILES string of the molecule is CCOc1ccc(OCC)c(C(C)CCC(N)CC)c1. The highest BCUT2D eigenvalue weighted by Gasteiger charge is 2.14. The van der Waals surface area contributed by atoms with Crippen LogP contribution >= 0.6 is 0 Å². The van der Waals surface area contributed by atoms with Crippen molar-refractivity contribution in [2.75, 3.05) is 13.2 Å². The van der Waals surface area contributed by atoms with E-state index in [9.17, 15) is 0 Å². The van der Waals surface area contributed by atoms with Gasteiger partial charge < -0.3 is 15.2 Å². The molecule has 0 aliphatic carbocycles. The summed E-state index contributed by atoms with van der Waals surface area (Å²) in [5, 5.41) is 0. The molecular weight excluding hydrogens is 250 g/mol. The Morgan fingerprint density at radius 1 is 1.05 bits per heavy atom. The van der Waals surface area contributed by atoms with Gasteiger partial charge in [0.2, 0.25) is 0 Å². The van der Waals surface area contributed by atoms with Gasteiger partial charge in [-0.3, -0.25) is 0 Å². The molecule has 0 saturated carbocycles. The summed E-state index contributed by atoms with van der Waals surface area (Å²) in [6.45, 7) is 9.75. The van der Waals surface area contributed by atoms with Crippen LogP contribution in [0.25, 0.3) is 0 Å². The fraction of sp³-hybridized carbons (Fsp3) is 0.647. The molecule has 114 valence electrons. The van der Waals surface area contributed by atoms with E-state index >= 15 is 0 Å². The molecule has 0 fully saturated rings. The largest absolute Gasteiger partial charge is 0.494 e. The summed E-state index contributed by atoms with van der Waals surface area (Å²) in [4.78, 5) is 0. The maximum absolute atomic E-state index is 6.02. The van der Waals surface area contributed by atoms with Crippen molar-refractivity contribution in [3.05, 3.63) is 23.8 Å². The van der Waals surface area contributed by atoms with Crippen LogP contribution in [0.15, 0.2) is 18.2 Å². The fourth-order valence-corrected chi connectivity index (χ4v) is 2.28. The van der Waals surface area contributed by atoms with E-state index in [4.69, 9.17) is 15.2 Å². The van der Waals surface area contributed by atoms with E-state index in [0.717, 1.165) is 30.8 Å². The molecule has 3 nitrogen and oxygen atoms in total. The highest BCUT2D eigenvalue weighted by molar-refractivity contribution is 5.42. The van der Waals surface area contributed by atoms with Gasteiger partial charge in [-0.1, -0.05) is 13.8 Å². The molecule has 1 rings (SSSR count). The third-order valence-electron chi connectivity index (χ3n) is 3.62. The normalized spacial score (nSPS) is 13.8. The predicted octanol–water partition coefficient (Wildman–Crippen LogP) is 4.11. The van der Waals surface area contributed by atoms with Crippen molar-refractivity contribution in [3.63, 3.8) is 0 Å². The molecule has 0 saturated heterocycles. The third kappa shape index (κ3) is 5.04. The Morgan fingerprint density at radius 2 is 1.75 bits per heavy atom. The van der Waals surface area contributed by atoms with E-state index in [2.05, 4.69) is 19.9 Å². The molecule has 0 heterocycles. The number of benzene rings is 1. The Bertz CT molecular complexity index is 393. The molecule has 0 bridgehead atoms. The summed E-state index contributed by atoms with van der Waals surface area (Å²) in [6, 6.07) is 6.39. The lowest BCUT2D eigenvalue weighted by Crippen LogP contribution is -2.19. The number of ether oxygens (including phenoxy) is 2. The Hall–Kier alpha value is -1.22. The molecule has 1 aromatic carbocycles. The van der Waals surface area contributed by atoms with Crippen LogP contribution in [-0.2, 0) is 0 Å². The number of hydrogen-bond donors (Lipinski definition) is 1. The van der Waals surface area contributed by atoms with Crippen molar-refractivity contribution >= 4 is 0 Å². The first-order chi connectivity index (χ1) is 9.62. The Balaban J connectivity index is 2.84. The highest BCUT2D eigenvalue weighted by Crippen LogP contribution is 2.33. The van der Waals surface area contributed by atoms with E-state index in [1.54, 1.807) is 0 Å². The Labute approximate surface area is 123 Å². The van der Waals surface area contributed by atoms with Crippen molar-refractivity contribution in [3.8, 4) is 11.5 Å². The second kappa shape index (κ2) is 8.85. The van der Waals surface area contributed by atoms with Gasteiger partial charge >= 0.3 is 0 Å². The standard InChI is InChI=1S/C17H29NO2/c1-5-14(18)9-8-13(4)16-12-15(19-6-2)10-11-17(16)20-7-3/h10-14H,5-9,18H2,1-4H3. The zero-order valence-corrected chi connectivity index (χ0v) is 13.3. The minimum absolute atomic E-state index is 0.295. The maximum Gasteiger partial charge on any atom is 0.123 e. The van der Waals surface area contributed by atoms with E-state index in [1.807, 2.05) is 26.0 Å². The van der Waals surface area contributed by atoms with Gasteiger partial charge in [-0.25, -0.2) is 0 Å². The second-order valence-electron chi connectivity index (χ2n) is 5.21. The average Bonchev–Trinajstić information content (AvgIpc) is 2.46. The van der Waals surface area contributed by atoms with Crippen molar-refractivity contribution in [2.45, 2.75) is 58.9 Å². The zero-order chi connectivity index (χ0) is 15.0. The first-order valence-electron chi connectivity index (χ1n) is 7.77. The Kier molecular flexibility index (Phi) is 7.45. The first kappa shape index (κ1) is 16.8. The average molecular weight is 279 g/mol. The fourth-order valence-electron chi connectivity index (χ4n) is 2.28. The quantitative estimate of drug-likeness (QED) is 0.740. The summed E-state index contributed by atoms with van der Waals surface area (Å²) in [7, 11) is 0. The summed E-state index contributed by atoms with van der Waals surface area (Å²) < 4.78 is 11.3. The molecule has 3 heteroatoms. The first-order valence-corrected chi connectivity index (χ1v) is 7.77. The lowest BCUT2D eigenvalue weighted by atomic mass is 9.93. The van der Waals surface area contributed by atoms with E-state index in [1.165, 1.54) is 5.56 Å². The minimum Gasteiger partial charge on any atom is -0.494 e. The van der Waals surface area contributed by atoms with Crippen molar-refractivity contribution < 1.29 is 9.47 Å². The lowest BCUT2D eigenvalue weighted by molar-refractivity contribution is 0.324. The van der Waals surface area contributed by atoms with Gasteiger partial charge in [-0.15, -0.1) is 0 Å². The van der Waals surface area contributed by atoms with Gasteiger partial charge in [0.25, 0.3) is 0 Å². The molecular formula is C17H29NO2. The van der Waals surface area contributed by atoms with E-state index < -0.39 is 0 Å². The van der Waals surface area contributed by atoms with Gasteiger partial charge in [-0.05, 0) is 57.2 Å². The molecule has 20 heavy (non-hydrogen) atoms. The lowest BCUT2D eigenvalue weighted by Gasteiger charge is -2.19. The summed E-state index contributed by atoms with van der Waals surface area (Å²) >= 11 is 0. The molecule has 2 N–H and O–H groups in total. The molecule has 0 aliphatic heterocycles. The third-order valence-corrected chi connectivity index (χ3v) is 3.62. The second-order valence-corrected chi connectivity index (χ2v) is 5.21. The zero-order valence-electron chi connectivity index (χ0n) is 13.3. The monoisotopic (exact) mass is 279 g/mol. The van der Waals surface area contributed by atoms with Gasteiger partial charge in [0.15, 0.2) is 0 Å². The minimum atomic E-state index is 0.295. The summed E-state index contributed by atoms with van der Waals surface area (Å²) in [5.74, 6) is 2.31. The van der Waals surface area contributed by atoms with Crippen LogP contribution in [0.5, 0.6) is 11.5 Å². The number of hydrogen-bond acceptors (Lipinski definition) is 3. The molecule has 0 amide bonds. The van der Waals surface area contributed by atoms with Crippen molar-refractivity contribution in [1.29, 1.82) is 0 Å². The topological polar surface area (TPSA) is 44.5 Å². The molecule has 1 aromatic rings. The maximum atomic E-state index is 6.02. The number of rotatable bonds is 9. The van der Waals surface area contributed by atoms with Crippen LogP contribution < -0.4 is 15.2 Å². The summed E-state index contributed by atoms with van der Waals surface area (Å²) in [6.07, 6.45) is 3.15. The summed E-state index contributed by atoms with van der Waals surface area (Å²) in [5.41, 5.74) is 7.24. The molecule has 0 aromatic heterocycles. The van der Waals surface area contributed by atoms with Crippen LogP contribution in [0.1, 0.15) is 58.4 Å². The van der Waals surface area contributed by atoms with Gasteiger partial charge in [0.1, 0.15) is 11.5 Å². The van der Waals surface area contributed by atoms with Crippen LogP contribution in [0.2, 0.25) is 0 Å². The van der Waals surface area contributed by atoms with Crippen LogP contribution in [0.3, 0.4) is 0 Å². The van der Waals surface area contributed by atoms with E-state index in [-0.39, 0.29) is 0 Å². The molecule has 2 unspecified atom stereocenters. The van der Waals surface area contributed by atoms with Gasteiger partial charge in [0.05, 0.1) is 13.2 Å². The van der Waals surface area contributed by atoms with Gasteiger partial charge in [0, 0.05) is 11.6 Å². The van der Waals surface area contributed by atoms with Crippen LogP contribution in [0, 0.1) is 0 Å². The number of nitrogens with two attached hydrogens (primary N) is 1. The van der Waals surface area contributed by atoms with E-state index in [0.29, 0.717) is 25.2 Å². The van der Waals surface area contributed by atoms with Crippen LogP contribution in [-0.4, -0.2) is 19.3 Å². The molecule has 2 atom stereocenters. The smallest absolute Gasteiger partial charge is 0.123 e. The predicted molar refractivity (Wildman–Crippen MR) is 84.7 cm³/mol. The van der Waals surface area contributed by atoms with Gasteiger partial charge in [-0.2, -0.15) is 0 Å². The molecule has 0 spiro atoms. The molecule has 0 radical (unpaired) electrons. The highest BCUT2D eigenvalue weighted by atomic mass is 16.5.